The number of fused-ring (bicyclic) bond motifs is 1. The number of amides is 1. The summed E-state index contributed by atoms with van der Waals surface area (Å²) in [4.78, 5) is 27.8. The summed E-state index contributed by atoms with van der Waals surface area (Å²) < 4.78 is 81.0. The Morgan fingerprint density at radius 3 is 2.14 bits per heavy atom. The van der Waals surface area contributed by atoms with Gasteiger partial charge in [-0.3, -0.25) is 9.59 Å². The maximum absolute atomic E-state index is 13.7. The second-order valence-electron chi connectivity index (χ2n) is 8.91. The van der Waals surface area contributed by atoms with Crippen molar-refractivity contribution in [3.05, 3.63) is 92.4 Å². The van der Waals surface area contributed by atoms with Gasteiger partial charge in [0.05, 0.1) is 11.1 Å². The van der Waals surface area contributed by atoms with Crippen LogP contribution in [0.2, 0.25) is 0 Å². The first-order valence-corrected chi connectivity index (χ1v) is 11.3. The van der Waals surface area contributed by atoms with Crippen LogP contribution in [0.4, 0.5) is 26.3 Å². The molecule has 0 spiro atoms. The molecular weight excluding hydrogens is 500 g/mol. The number of aromatic nitrogens is 1. The average Bonchev–Trinajstić information content (AvgIpc) is 2.85. The van der Waals surface area contributed by atoms with E-state index in [0.29, 0.717) is 53.9 Å². The molecule has 1 aromatic heterocycles. The summed E-state index contributed by atoms with van der Waals surface area (Å²) in [6, 6.07) is 10.1. The lowest BCUT2D eigenvalue weighted by Gasteiger charge is -2.27. The van der Waals surface area contributed by atoms with Gasteiger partial charge in [0.1, 0.15) is 5.69 Å². The maximum Gasteiger partial charge on any atom is 0.416 e. The zero-order valence-electron chi connectivity index (χ0n) is 19.9. The number of nitrogens with zero attached hydrogens (tertiary/aromatic N) is 2. The van der Waals surface area contributed by atoms with Gasteiger partial charge in [-0.25, -0.2) is 0 Å². The first kappa shape index (κ1) is 26.5. The van der Waals surface area contributed by atoms with Crippen molar-refractivity contribution in [1.82, 2.24) is 14.8 Å². The quantitative estimate of drug-likeness (QED) is 0.490. The average molecular weight is 523 g/mol. The van der Waals surface area contributed by atoms with Crippen LogP contribution in [0.25, 0.3) is 11.1 Å². The van der Waals surface area contributed by atoms with Crippen LogP contribution in [0.1, 0.15) is 38.3 Å². The minimum Gasteiger partial charge on any atom is -0.336 e. The Morgan fingerprint density at radius 1 is 0.973 bits per heavy atom. The Balaban J connectivity index is 1.82. The fraction of sp³-hybridized carbons (Fsp3) is 0.308. The molecule has 1 N–H and O–H groups in total. The number of halogens is 6. The van der Waals surface area contributed by atoms with E-state index in [0.717, 1.165) is 4.90 Å². The highest BCUT2D eigenvalue weighted by molar-refractivity contribution is 6.00. The molecule has 2 aromatic carbocycles. The molecule has 0 radical (unpaired) electrons. The predicted molar refractivity (Wildman–Crippen MR) is 125 cm³/mol. The molecule has 0 saturated heterocycles. The number of hydrogen-bond acceptors (Lipinski definition) is 3. The van der Waals surface area contributed by atoms with E-state index in [1.165, 1.54) is 18.7 Å². The Labute approximate surface area is 208 Å². The number of hydrogen-bond donors (Lipinski definition) is 1. The Kier molecular flexibility index (Phi) is 6.93. The normalized spacial score (nSPS) is 13.8. The molecule has 0 fully saturated rings. The molecule has 4 rings (SSSR count). The molecule has 11 heteroatoms. The van der Waals surface area contributed by atoms with Crippen LogP contribution in [0.15, 0.2) is 53.3 Å². The van der Waals surface area contributed by atoms with Gasteiger partial charge in [-0.05, 0) is 47.9 Å². The van der Waals surface area contributed by atoms with Crippen molar-refractivity contribution in [1.29, 1.82) is 0 Å². The maximum atomic E-state index is 13.7. The Bertz CT molecular complexity index is 1360. The molecule has 1 aliphatic heterocycles. The first-order valence-electron chi connectivity index (χ1n) is 11.3. The second kappa shape index (κ2) is 9.70. The summed E-state index contributed by atoms with van der Waals surface area (Å²) in [6.07, 6.45) is -9.53. The van der Waals surface area contributed by atoms with Gasteiger partial charge in [-0.15, -0.1) is 0 Å². The minimum atomic E-state index is -5.00. The summed E-state index contributed by atoms with van der Waals surface area (Å²) in [5.74, 6) is -0.703. The number of rotatable bonds is 4. The third-order valence-corrected chi connectivity index (χ3v) is 6.33. The third-order valence-electron chi connectivity index (χ3n) is 6.33. The van der Waals surface area contributed by atoms with E-state index in [1.807, 2.05) is 0 Å². The third kappa shape index (κ3) is 5.27. The van der Waals surface area contributed by atoms with Crippen LogP contribution in [0.3, 0.4) is 0 Å². The lowest BCUT2D eigenvalue weighted by atomic mass is 9.90. The van der Waals surface area contributed by atoms with Crippen molar-refractivity contribution in [3.8, 4) is 11.1 Å². The summed E-state index contributed by atoms with van der Waals surface area (Å²) in [5, 5.41) is 3.13. The Morgan fingerprint density at radius 2 is 1.57 bits per heavy atom. The van der Waals surface area contributed by atoms with Crippen LogP contribution in [0.5, 0.6) is 0 Å². The van der Waals surface area contributed by atoms with Crippen molar-refractivity contribution in [2.24, 2.45) is 7.05 Å². The molecule has 2 heterocycles. The highest BCUT2D eigenvalue weighted by Gasteiger charge is 2.37. The monoisotopic (exact) mass is 523 g/mol. The smallest absolute Gasteiger partial charge is 0.336 e. The van der Waals surface area contributed by atoms with Gasteiger partial charge in [0.25, 0.3) is 11.5 Å². The highest BCUT2D eigenvalue weighted by atomic mass is 19.4. The van der Waals surface area contributed by atoms with Crippen LogP contribution >= 0.6 is 0 Å². The largest absolute Gasteiger partial charge is 0.416 e. The number of pyridine rings is 1. The molecule has 0 bridgehead atoms. The van der Waals surface area contributed by atoms with Gasteiger partial charge >= 0.3 is 12.4 Å². The van der Waals surface area contributed by atoms with Crippen molar-refractivity contribution < 1.29 is 31.1 Å². The Hall–Kier alpha value is -3.60. The summed E-state index contributed by atoms with van der Waals surface area (Å²) in [6.45, 7) is 0.359. The second-order valence-corrected chi connectivity index (χ2v) is 8.91. The number of nitrogens with one attached hydrogen (secondary N) is 1. The van der Waals surface area contributed by atoms with E-state index in [9.17, 15) is 35.9 Å². The number of carbonyl (C=O) groups excluding carboxylic acids is 1. The molecule has 37 heavy (non-hydrogen) atoms. The van der Waals surface area contributed by atoms with Crippen LogP contribution in [0, 0.1) is 0 Å². The SMILES string of the molecule is CN(Cc1cc(C(F)(F)F)cc(C(F)(F)F)c1)C(=O)c1c(-c2ccccc2)c2c(c(=O)n1C)CNCC2. The first-order chi connectivity index (χ1) is 17.3. The number of carbonyl (C=O) groups is 1. The van der Waals surface area contributed by atoms with Crippen molar-refractivity contribution in [3.63, 3.8) is 0 Å². The van der Waals surface area contributed by atoms with Gasteiger partial charge in [-0.2, -0.15) is 26.3 Å². The van der Waals surface area contributed by atoms with Gasteiger partial charge in [-0.1, -0.05) is 30.3 Å². The topological polar surface area (TPSA) is 54.3 Å². The molecule has 0 unspecified atom stereocenters. The van der Waals surface area contributed by atoms with E-state index in [4.69, 9.17) is 0 Å². The van der Waals surface area contributed by atoms with E-state index in [2.05, 4.69) is 5.32 Å². The van der Waals surface area contributed by atoms with Gasteiger partial charge < -0.3 is 14.8 Å². The van der Waals surface area contributed by atoms with Gasteiger partial charge in [0.2, 0.25) is 0 Å². The molecule has 0 aliphatic carbocycles. The summed E-state index contributed by atoms with van der Waals surface area (Å²) in [7, 11) is 2.70. The van der Waals surface area contributed by atoms with Crippen LogP contribution < -0.4 is 10.9 Å². The van der Waals surface area contributed by atoms with E-state index in [-0.39, 0.29) is 17.3 Å². The molecule has 0 atom stereocenters. The van der Waals surface area contributed by atoms with E-state index >= 15 is 0 Å². The predicted octanol–water partition coefficient (Wildman–Crippen LogP) is 5.01. The molecular formula is C26H23F6N3O2. The standard InChI is InChI=1S/C26H23F6N3O2/c1-34(14-15-10-17(25(27,28)29)12-18(11-15)26(30,31)32)24(37)22-21(16-6-4-3-5-7-16)19-8-9-33-13-20(19)23(36)35(22)2/h3-7,10-12,33H,8-9,13-14H2,1-2H3. The van der Waals surface area contributed by atoms with Gasteiger partial charge in [0, 0.05) is 38.3 Å². The highest BCUT2D eigenvalue weighted by Crippen LogP contribution is 2.37. The molecule has 5 nitrogen and oxygen atoms in total. The minimum absolute atomic E-state index is 0.0161. The zero-order valence-corrected chi connectivity index (χ0v) is 19.9. The molecule has 1 aliphatic rings. The lowest BCUT2D eigenvalue weighted by molar-refractivity contribution is -0.143. The number of benzene rings is 2. The van der Waals surface area contributed by atoms with Crippen LogP contribution in [-0.2, 0) is 38.9 Å². The fourth-order valence-electron chi connectivity index (χ4n) is 4.58. The summed E-state index contributed by atoms with van der Waals surface area (Å²) in [5.41, 5.74) is -1.23. The van der Waals surface area contributed by atoms with E-state index in [1.54, 1.807) is 30.3 Å². The van der Waals surface area contributed by atoms with E-state index < -0.39 is 41.5 Å². The molecule has 196 valence electrons. The lowest BCUT2D eigenvalue weighted by Crippen LogP contribution is -2.39. The number of alkyl halides is 6. The van der Waals surface area contributed by atoms with Crippen molar-refractivity contribution in [2.45, 2.75) is 31.9 Å². The van der Waals surface area contributed by atoms with Crippen LogP contribution in [-0.4, -0.2) is 29.0 Å². The fourth-order valence-corrected chi connectivity index (χ4v) is 4.58. The van der Waals surface area contributed by atoms with Crippen molar-refractivity contribution >= 4 is 5.91 Å². The molecule has 1 amide bonds. The van der Waals surface area contributed by atoms with Crippen molar-refractivity contribution in [2.75, 3.05) is 13.6 Å². The molecule has 3 aromatic rings. The summed E-state index contributed by atoms with van der Waals surface area (Å²) >= 11 is 0. The van der Waals surface area contributed by atoms with Gasteiger partial charge in [0.15, 0.2) is 0 Å². The molecule has 0 saturated carbocycles. The zero-order chi connectivity index (χ0) is 27.1.